The second-order valence-corrected chi connectivity index (χ2v) is 15.4. The van der Waals surface area contributed by atoms with E-state index in [0.717, 1.165) is 27.8 Å². The van der Waals surface area contributed by atoms with E-state index in [1.807, 2.05) is 97.1 Å². The molecule has 268 valence electrons. The number of carbonyl (C=O) groups excluding carboxylic acids is 1. The molecule has 7 nitrogen and oxygen atoms in total. The average Bonchev–Trinajstić information content (AvgIpc) is 3.17. The second-order valence-electron chi connectivity index (χ2n) is 13.1. The maximum Gasteiger partial charge on any atom is 0.305 e. The van der Waals surface area contributed by atoms with Crippen molar-refractivity contribution in [3.05, 3.63) is 179 Å². The van der Waals surface area contributed by atoms with Gasteiger partial charge in [0.15, 0.2) is 0 Å². The highest BCUT2D eigenvalue weighted by Crippen LogP contribution is 2.33. The van der Waals surface area contributed by atoms with Gasteiger partial charge in [0.2, 0.25) is 0 Å². The van der Waals surface area contributed by atoms with Gasteiger partial charge >= 0.3 is 5.97 Å². The predicted octanol–water partition coefficient (Wildman–Crippen LogP) is 10.1. The second kappa shape index (κ2) is 16.3. The molecular weight excluding hydrogens is 704 g/mol. The van der Waals surface area contributed by atoms with Gasteiger partial charge in [0.1, 0.15) is 0 Å². The minimum atomic E-state index is -4.26. The fraction of sp³-hybridized carbons (Fsp3) is 0.136. The maximum atomic E-state index is 14.6. The van der Waals surface area contributed by atoms with Gasteiger partial charge in [-0.2, -0.15) is 0 Å². The third-order valence-electron chi connectivity index (χ3n) is 9.10. The molecule has 6 rings (SSSR count). The Balaban J connectivity index is 1.38. The first-order valence-corrected chi connectivity index (χ1v) is 19.1. The number of nitrogens with one attached hydrogen (secondary N) is 1. The highest BCUT2D eigenvalue weighted by Gasteiger charge is 2.30. The van der Waals surface area contributed by atoms with E-state index in [9.17, 15) is 23.1 Å². The van der Waals surface area contributed by atoms with Crippen LogP contribution in [-0.4, -0.2) is 25.4 Å². The summed E-state index contributed by atoms with van der Waals surface area (Å²) in [4.78, 5) is 26.3. The van der Waals surface area contributed by atoms with Crippen molar-refractivity contribution in [2.24, 2.45) is 0 Å². The van der Waals surface area contributed by atoms with Crippen LogP contribution in [0.15, 0.2) is 157 Å². The molecule has 53 heavy (non-hydrogen) atoms. The molecule has 0 saturated carbocycles. The molecule has 0 radical (unpaired) electrons. The van der Waals surface area contributed by atoms with Crippen LogP contribution >= 0.6 is 11.6 Å². The lowest BCUT2D eigenvalue weighted by Crippen LogP contribution is -2.35. The number of rotatable bonds is 13. The van der Waals surface area contributed by atoms with E-state index in [-0.39, 0.29) is 33.6 Å². The van der Waals surface area contributed by atoms with Crippen LogP contribution in [0.25, 0.3) is 22.3 Å². The summed E-state index contributed by atoms with van der Waals surface area (Å²) in [6.07, 6.45) is -0.399. The van der Waals surface area contributed by atoms with E-state index in [0.29, 0.717) is 11.1 Å². The number of carboxylic acids is 1. The van der Waals surface area contributed by atoms with Crippen LogP contribution in [0.1, 0.15) is 59.3 Å². The van der Waals surface area contributed by atoms with Crippen molar-refractivity contribution in [2.75, 3.05) is 4.31 Å². The van der Waals surface area contributed by atoms with E-state index < -0.39 is 34.4 Å². The minimum absolute atomic E-state index is 0.0166. The van der Waals surface area contributed by atoms with Gasteiger partial charge in [-0.25, -0.2) is 8.42 Å². The molecule has 0 aliphatic heterocycles. The molecule has 0 aliphatic rings. The van der Waals surface area contributed by atoms with E-state index >= 15 is 0 Å². The minimum Gasteiger partial charge on any atom is -0.481 e. The van der Waals surface area contributed by atoms with Crippen molar-refractivity contribution in [1.29, 1.82) is 0 Å². The normalized spacial score (nSPS) is 11.9. The molecule has 0 heterocycles. The highest BCUT2D eigenvalue weighted by atomic mass is 35.5. The monoisotopic (exact) mass is 742 g/mol. The molecule has 0 aromatic heterocycles. The van der Waals surface area contributed by atoms with E-state index in [4.69, 9.17) is 11.6 Å². The Morgan fingerprint density at radius 1 is 0.679 bits per heavy atom. The fourth-order valence-electron chi connectivity index (χ4n) is 6.16. The number of amides is 1. The van der Waals surface area contributed by atoms with Crippen molar-refractivity contribution in [2.45, 2.75) is 43.7 Å². The lowest BCUT2D eigenvalue weighted by atomic mass is 9.98. The molecule has 6 aromatic carbocycles. The number of hydrogen-bond donors (Lipinski definition) is 2. The maximum absolute atomic E-state index is 14.6. The van der Waals surface area contributed by atoms with Crippen molar-refractivity contribution >= 4 is 39.2 Å². The van der Waals surface area contributed by atoms with Gasteiger partial charge in [-0.1, -0.05) is 147 Å². The zero-order valence-corrected chi connectivity index (χ0v) is 30.9. The van der Waals surface area contributed by atoms with Gasteiger partial charge in [0.25, 0.3) is 15.9 Å². The molecule has 0 spiro atoms. The molecule has 1 amide bonds. The van der Waals surface area contributed by atoms with Gasteiger partial charge in [-0.15, -0.1) is 0 Å². The lowest BCUT2D eigenvalue weighted by molar-refractivity contribution is -0.137. The Morgan fingerprint density at radius 2 is 1.19 bits per heavy atom. The first-order chi connectivity index (χ1) is 25.5. The number of anilines is 1. The summed E-state index contributed by atoms with van der Waals surface area (Å²) in [6, 6.07) is 44.6. The number of benzene rings is 6. The van der Waals surface area contributed by atoms with Gasteiger partial charge in [-0.05, 0) is 75.2 Å². The van der Waals surface area contributed by atoms with Crippen molar-refractivity contribution in [1.82, 2.24) is 5.32 Å². The number of carboxylic acid groups (broad SMARTS) is 1. The zero-order chi connectivity index (χ0) is 37.5. The van der Waals surface area contributed by atoms with Gasteiger partial charge < -0.3 is 10.4 Å². The largest absolute Gasteiger partial charge is 0.481 e. The van der Waals surface area contributed by atoms with Crippen LogP contribution in [0, 0.1) is 0 Å². The van der Waals surface area contributed by atoms with Crippen LogP contribution in [0.4, 0.5) is 5.69 Å². The summed E-state index contributed by atoms with van der Waals surface area (Å²) in [5.41, 5.74) is 6.21. The molecule has 1 atom stereocenters. The summed E-state index contributed by atoms with van der Waals surface area (Å²) in [7, 11) is -4.26. The number of nitrogens with zero attached hydrogens (tertiary/aromatic N) is 1. The summed E-state index contributed by atoms with van der Waals surface area (Å²) >= 11 is 6.45. The SMILES string of the molecule is CC(C)c1ccc(CN(c2ccc(Cl)cc2C(=O)NC(CC(=O)O)c2ccc(-c3ccccc3)cc2)S(=O)(=O)c2ccc(-c3ccccc3)cc2)cc1. The first-order valence-electron chi connectivity index (χ1n) is 17.2. The van der Waals surface area contributed by atoms with Gasteiger partial charge in [-0.3, -0.25) is 13.9 Å². The Morgan fingerprint density at radius 3 is 1.72 bits per heavy atom. The summed E-state index contributed by atoms with van der Waals surface area (Å²) in [5.74, 6) is -1.50. The first kappa shape index (κ1) is 37.1. The van der Waals surface area contributed by atoms with Crippen molar-refractivity contribution in [3.63, 3.8) is 0 Å². The molecule has 0 fully saturated rings. The Bertz CT molecular complexity index is 2300. The Hall–Kier alpha value is -5.70. The van der Waals surface area contributed by atoms with E-state index in [2.05, 4.69) is 19.2 Å². The molecule has 0 saturated heterocycles. The number of aliphatic carboxylic acids is 1. The topological polar surface area (TPSA) is 104 Å². The van der Waals surface area contributed by atoms with E-state index in [1.165, 1.54) is 22.5 Å². The van der Waals surface area contributed by atoms with E-state index in [1.54, 1.807) is 36.4 Å². The number of carbonyl (C=O) groups is 2. The Labute approximate surface area is 315 Å². The summed E-state index contributed by atoms with van der Waals surface area (Å²) in [5, 5.41) is 12.9. The Kier molecular flexibility index (Phi) is 11.4. The third-order valence-corrected chi connectivity index (χ3v) is 11.1. The molecular formula is C44H39ClN2O5S. The molecule has 9 heteroatoms. The lowest BCUT2D eigenvalue weighted by Gasteiger charge is -2.28. The molecule has 0 bridgehead atoms. The van der Waals surface area contributed by atoms with Gasteiger partial charge in [0, 0.05) is 5.02 Å². The summed E-state index contributed by atoms with van der Waals surface area (Å²) in [6.45, 7) is 4.08. The van der Waals surface area contributed by atoms with Crippen molar-refractivity contribution < 1.29 is 23.1 Å². The number of sulfonamides is 1. The average molecular weight is 743 g/mol. The molecule has 6 aromatic rings. The predicted molar refractivity (Wildman–Crippen MR) is 212 cm³/mol. The van der Waals surface area contributed by atoms with Crippen LogP contribution in [-0.2, 0) is 21.4 Å². The zero-order valence-electron chi connectivity index (χ0n) is 29.3. The van der Waals surface area contributed by atoms with Gasteiger partial charge in [0.05, 0.1) is 35.2 Å². The smallest absolute Gasteiger partial charge is 0.305 e. The molecule has 2 N–H and O–H groups in total. The summed E-state index contributed by atoms with van der Waals surface area (Å²) < 4.78 is 30.5. The quantitative estimate of drug-likeness (QED) is 0.123. The number of hydrogen-bond acceptors (Lipinski definition) is 4. The van der Waals surface area contributed by atoms with Crippen molar-refractivity contribution in [3.8, 4) is 22.3 Å². The highest BCUT2D eigenvalue weighted by molar-refractivity contribution is 7.92. The number of halogens is 1. The van der Waals surface area contributed by atoms with Crippen LogP contribution in [0.3, 0.4) is 0 Å². The standard InChI is InChI=1S/C44H39ClN2O5S/c1-30(2)32-15-13-31(14-16-32)29-47(53(51,52)39-24-21-36(22-25-39)34-11-7-4-8-12-34)42-26-23-38(45)27-40(42)44(50)46-41(28-43(48)49)37-19-17-35(18-20-37)33-9-5-3-6-10-33/h3-27,30,41H,28-29H2,1-2H3,(H,46,50)(H,48,49). The van der Waals surface area contributed by atoms with Crippen LogP contribution in [0.5, 0.6) is 0 Å². The molecule has 0 aliphatic carbocycles. The third kappa shape index (κ3) is 8.85. The molecule has 1 unspecified atom stereocenters. The fourth-order valence-corrected chi connectivity index (χ4v) is 7.80. The van der Waals surface area contributed by atoms with Crippen LogP contribution < -0.4 is 9.62 Å². The van der Waals surface area contributed by atoms with Crippen LogP contribution in [0.2, 0.25) is 5.02 Å².